The normalized spacial score (nSPS) is 22.0. The largest absolute Gasteiger partial charge is 0.434 e. The Balaban J connectivity index is 1.56. The number of nitrogens with one attached hydrogen (secondary N) is 2. The third-order valence-electron chi connectivity index (χ3n) is 6.93. The number of benzene rings is 3. The monoisotopic (exact) mass is 484 g/mol. The average molecular weight is 485 g/mol. The van der Waals surface area contributed by atoms with E-state index in [4.69, 9.17) is 4.74 Å². The highest BCUT2D eigenvalue weighted by molar-refractivity contribution is 5.87. The first kappa shape index (κ1) is 24.2. The third-order valence-corrected chi connectivity index (χ3v) is 6.93. The molecule has 2 fully saturated rings. The molecule has 2 aliphatic rings. The summed E-state index contributed by atoms with van der Waals surface area (Å²) >= 11 is 0. The lowest BCUT2D eigenvalue weighted by molar-refractivity contribution is -0.153. The van der Waals surface area contributed by atoms with E-state index >= 15 is 0 Å². The van der Waals surface area contributed by atoms with E-state index in [2.05, 4.69) is 15.5 Å². The molecule has 0 saturated carbocycles. The smallest absolute Gasteiger partial charge is 0.327 e. The fourth-order valence-electron chi connectivity index (χ4n) is 5.36. The van der Waals surface area contributed by atoms with E-state index in [1.54, 1.807) is 0 Å². The molecule has 0 aromatic heterocycles. The van der Waals surface area contributed by atoms with Crippen LogP contribution in [0.5, 0.6) is 0 Å². The number of piperazine rings is 1. The van der Waals surface area contributed by atoms with Crippen LogP contribution in [0.3, 0.4) is 0 Å². The minimum Gasteiger partial charge on any atom is -0.434 e. The molecule has 36 heavy (non-hydrogen) atoms. The molecule has 7 nitrogen and oxygen atoms in total. The van der Waals surface area contributed by atoms with Gasteiger partial charge in [0.2, 0.25) is 11.6 Å². The summed E-state index contributed by atoms with van der Waals surface area (Å²) in [5.41, 5.74) is 1.48. The second-order valence-electron chi connectivity index (χ2n) is 9.63. The van der Waals surface area contributed by atoms with E-state index in [-0.39, 0.29) is 17.9 Å². The first-order chi connectivity index (χ1) is 17.5. The highest BCUT2D eigenvalue weighted by Gasteiger charge is 2.60. The van der Waals surface area contributed by atoms with Gasteiger partial charge in [-0.2, -0.15) is 0 Å². The Labute approximate surface area is 212 Å². The van der Waals surface area contributed by atoms with Gasteiger partial charge in [0.1, 0.15) is 12.1 Å². The van der Waals surface area contributed by atoms with E-state index in [0.717, 1.165) is 16.7 Å². The van der Waals surface area contributed by atoms with E-state index in [1.807, 2.05) is 110 Å². The van der Waals surface area contributed by atoms with Crippen molar-refractivity contribution in [2.45, 2.75) is 23.9 Å². The number of esters is 1. The molecule has 2 heterocycles. The zero-order valence-electron chi connectivity index (χ0n) is 20.6. The van der Waals surface area contributed by atoms with Crippen LogP contribution in [-0.2, 0) is 20.1 Å². The quantitative estimate of drug-likeness (QED) is 0.502. The standard InChI is InChI=1S/C29H32N4O3/c1-32(2)20-24(21-12-6-3-7-13-21)31-27(34)25-18-30-19-26-28(35)36-29(33(25)26,22-14-8-4-9-15-22)23-16-10-5-11-17-23/h3-17,24-26,30H,18-20H2,1-2H3,(H,31,34). The zero-order chi connectivity index (χ0) is 25.1. The number of cyclic esters (lactones) is 1. The van der Waals surface area contributed by atoms with Crippen molar-refractivity contribution in [2.24, 2.45) is 0 Å². The molecular formula is C29H32N4O3. The van der Waals surface area contributed by atoms with Gasteiger partial charge in [-0.3, -0.25) is 9.59 Å². The predicted octanol–water partition coefficient (Wildman–Crippen LogP) is 2.51. The van der Waals surface area contributed by atoms with Gasteiger partial charge >= 0.3 is 5.97 Å². The molecule has 0 spiro atoms. The summed E-state index contributed by atoms with van der Waals surface area (Å²) in [6.07, 6.45) is 0. The van der Waals surface area contributed by atoms with Gasteiger partial charge in [0.25, 0.3) is 0 Å². The maximum atomic E-state index is 14.0. The summed E-state index contributed by atoms with van der Waals surface area (Å²) < 4.78 is 6.26. The molecule has 0 bridgehead atoms. The summed E-state index contributed by atoms with van der Waals surface area (Å²) in [5.74, 6) is -0.474. The predicted molar refractivity (Wildman–Crippen MR) is 138 cm³/mol. The van der Waals surface area contributed by atoms with Gasteiger partial charge in [-0.15, -0.1) is 0 Å². The lowest BCUT2D eigenvalue weighted by Gasteiger charge is -2.45. The average Bonchev–Trinajstić information content (AvgIpc) is 3.23. The van der Waals surface area contributed by atoms with Crippen molar-refractivity contribution in [3.8, 4) is 0 Å². The maximum Gasteiger partial charge on any atom is 0.327 e. The molecule has 3 atom stereocenters. The van der Waals surface area contributed by atoms with Crippen LogP contribution >= 0.6 is 0 Å². The van der Waals surface area contributed by atoms with E-state index in [0.29, 0.717) is 19.6 Å². The molecule has 3 aromatic carbocycles. The molecule has 0 radical (unpaired) electrons. The van der Waals surface area contributed by atoms with Gasteiger partial charge in [0, 0.05) is 30.8 Å². The van der Waals surface area contributed by atoms with Crippen LogP contribution in [0.4, 0.5) is 0 Å². The molecule has 0 aliphatic carbocycles. The Kier molecular flexibility index (Phi) is 6.87. The number of amides is 1. The van der Waals surface area contributed by atoms with Crippen LogP contribution in [0.1, 0.15) is 22.7 Å². The van der Waals surface area contributed by atoms with Gasteiger partial charge in [0.15, 0.2) is 0 Å². The van der Waals surface area contributed by atoms with Crippen molar-refractivity contribution in [1.29, 1.82) is 0 Å². The molecular weight excluding hydrogens is 452 g/mol. The molecule has 1 amide bonds. The molecule has 186 valence electrons. The first-order valence-electron chi connectivity index (χ1n) is 12.3. The number of nitrogens with zero attached hydrogens (tertiary/aromatic N) is 2. The van der Waals surface area contributed by atoms with Gasteiger partial charge in [-0.1, -0.05) is 91.0 Å². The summed E-state index contributed by atoms with van der Waals surface area (Å²) in [5, 5.41) is 6.57. The van der Waals surface area contributed by atoms with Crippen molar-refractivity contribution in [3.63, 3.8) is 0 Å². The number of rotatable bonds is 7. The van der Waals surface area contributed by atoms with E-state index < -0.39 is 17.8 Å². The Hall–Kier alpha value is -3.52. The van der Waals surface area contributed by atoms with E-state index in [9.17, 15) is 9.59 Å². The number of likely N-dealkylation sites (N-methyl/N-ethyl adjacent to an activating group) is 1. The van der Waals surface area contributed by atoms with Crippen LogP contribution in [0.15, 0.2) is 91.0 Å². The Bertz CT molecular complexity index is 1150. The molecule has 3 aromatic rings. The van der Waals surface area contributed by atoms with Crippen LogP contribution in [0, 0.1) is 0 Å². The van der Waals surface area contributed by atoms with Crippen LogP contribution < -0.4 is 10.6 Å². The zero-order valence-corrected chi connectivity index (χ0v) is 20.6. The molecule has 7 heteroatoms. The number of hydrogen-bond acceptors (Lipinski definition) is 6. The maximum absolute atomic E-state index is 14.0. The van der Waals surface area contributed by atoms with Crippen molar-refractivity contribution in [2.75, 3.05) is 33.7 Å². The van der Waals surface area contributed by atoms with Crippen LogP contribution in [-0.4, -0.2) is 67.5 Å². The minimum atomic E-state index is -1.20. The molecule has 3 unspecified atom stereocenters. The number of ether oxygens (including phenoxy) is 1. The van der Waals surface area contributed by atoms with Gasteiger partial charge in [-0.25, -0.2) is 4.90 Å². The van der Waals surface area contributed by atoms with Crippen molar-refractivity contribution < 1.29 is 14.3 Å². The van der Waals surface area contributed by atoms with Gasteiger partial charge in [0.05, 0.1) is 6.04 Å². The summed E-state index contributed by atoms with van der Waals surface area (Å²) in [6, 6.07) is 28.0. The van der Waals surface area contributed by atoms with Gasteiger partial charge < -0.3 is 20.3 Å². The minimum absolute atomic E-state index is 0.141. The highest BCUT2D eigenvalue weighted by Crippen LogP contribution is 2.45. The number of hydrogen-bond donors (Lipinski definition) is 2. The van der Waals surface area contributed by atoms with Crippen LogP contribution in [0.2, 0.25) is 0 Å². The molecule has 5 rings (SSSR count). The summed E-state index contributed by atoms with van der Waals surface area (Å²) in [7, 11) is 3.98. The van der Waals surface area contributed by atoms with E-state index in [1.165, 1.54) is 0 Å². The Morgan fingerprint density at radius 2 is 1.53 bits per heavy atom. The number of fused-ring (bicyclic) bond motifs is 1. The lowest BCUT2D eigenvalue weighted by atomic mass is 9.89. The fraction of sp³-hybridized carbons (Fsp3) is 0.310. The number of carbonyl (C=O) groups is 2. The summed E-state index contributed by atoms with van der Waals surface area (Å²) in [6.45, 7) is 1.48. The summed E-state index contributed by atoms with van der Waals surface area (Å²) in [4.78, 5) is 31.3. The molecule has 2 N–H and O–H groups in total. The lowest BCUT2D eigenvalue weighted by Crippen LogP contribution is -2.66. The number of carbonyl (C=O) groups excluding carboxylic acids is 2. The van der Waals surface area contributed by atoms with Crippen molar-refractivity contribution in [1.82, 2.24) is 20.4 Å². The topological polar surface area (TPSA) is 73.9 Å². The third kappa shape index (κ3) is 4.41. The van der Waals surface area contributed by atoms with Gasteiger partial charge in [-0.05, 0) is 19.7 Å². The Morgan fingerprint density at radius 3 is 2.08 bits per heavy atom. The Morgan fingerprint density at radius 1 is 0.972 bits per heavy atom. The van der Waals surface area contributed by atoms with Crippen molar-refractivity contribution in [3.05, 3.63) is 108 Å². The van der Waals surface area contributed by atoms with Crippen molar-refractivity contribution >= 4 is 11.9 Å². The van der Waals surface area contributed by atoms with Crippen LogP contribution in [0.25, 0.3) is 0 Å². The second-order valence-corrected chi connectivity index (χ2v) is 9.63. The fourth-order valence-corrected chi connectivity index (χ4v) is 5.36. The second kappa shape index (κ2) is 10.2. The first-order valence-corrected chi connectivity index (χ1v) is 12.3. The highest BCUT2D eigenvalue weighted by atomic mass is 16.6. The SMILES string of the molecule is CN(C)CC(NC(=O)C1CNCC2C(=O)OC(c3ccccc3)(c3ccccc3)N12)c1ccccc1. The molecule has 2 saturated heterocycles. The molecule has 2 aliphatic heterocycles.